The smallest absolute Gasteiger partial charge is 0.416 e. The Morgan fingerprint density at radius 2 is 2.07 bits per heavy atom. The number of oxazole rings is 1. The average molecular weight is 436 g/mol. The van der Waals surface area contributed by atoms with Crippen LogP contribution in [0.5, 0.6) is 0 Å². The summed E-state index contributed by atoms with van der Waals surface area (Å²) in [6, 6.07) is 5.66. The predicted molar refractivity (Wildman–Crippen MR) is 105 cm³/mol. The normalized spacial score (nSPS) is 17.1. The fourth-order valence-corrected chi connectivity index (χ4v) is 3.05. The lowest BCUT2D eigenvalue weighted by atomic mass is 10.2. The van der Waals surface area contributed by atoms with Crippen LogP contribution in [0.2, 0.25) is 5.02 Å². The molecule has 1 amide bonds. The summed E-state index contributed by atoms with van der Waals surface area (Å²) in [5, 5.41) is 3.54. The Balaban J connectivity index is 1.53. The van der Waals surface area contributed by atoms with Gasteiger partial charge < -0.3 is 14.5 Å². The molecule has 3 heterocycles. The van der Waals surface area contributed by atoms with E-state index >= 15 is 0 Å². The van der Waals surface area contributed by atoms with Gasteiger partial charge in [0, 0.05) is 10.6 Å². The topological polar surface area (TPSA) is 93.4 Å². The number of carbonyl (C=O) groups is 1. The molecule has 1 fully saturated rings. The molecule has 1 unspecified atom stereocenters. The molecule has 1 aliphatic heterocycles. The first-order valence-electron chi connectivity index (χ1n) is 8.99. The minimum atomic E-state index is -0.944. The van der Waals surface area contributed by atoms with Crippen LogP contribution in [0.3, 0.4) is 0 Å². The Kier molecular flexibility index (Phi) is 5.49. The summed E-state index contributed by atoms with van der Waals surface area (Å²) in [6.07, 6.45) is 1.60. The van der Waals surface area contributed by atoms with Crippen LogP contribution in [-0.2, 0) is 4.74 Å². The molecule has 8 nitrogen and oxygen atoms in total. The zero-order chi connectivity index (χ0) is 21.3. The number of aromatic nitrogens is 3. The number of anilines is 2. The van der Waals surface area contributed by atoms with Crippen molar-refractivity contribution >= 4 is 29.5 Å². The zero-order valence-corrected chi connectivity index (χ0v) is 16.4. The molecule has 0 radical (unpaired) electrons. The van der Waals surface area contributed by atoms with E-state index in [9.17, 15) is 13.6 Å². The van der Waals surface area contributed by atoms with Gasteiger partial charge in [0.2, 0.25) is 11.8 Å². The number of nitrogens with zero attached hydrogens (tertiary/aromatic N) is 4. The van der Waals surface area contributed by atoms with Gasteiger partial charge in [-0.3, -0.25) is 0 Å². The van der Waals surface area contributed by atoms with Crippen LogP contribution in [-0.4, -0.2) is 40.4 Å². The van der Waals surface area contributed by atoms with E-state index in [4.69, 9.17) is 20.8 Å². The monoisotopic (exact) mass is 435 g/mol. The molecule has 1 saturated heterocycles. The first kappa shape index (κ1) is 20.0. The Morgan fingerprint density at radius 3 is 2.80 bits per heavy atom. The lowest BCUT2D eigenvalue weighted by Crippen LogP contribution is -2.36. The number of hydrogen-bond donors (Lipinski definition) is 1. The number of alkyl halides is 1. The fourth-order valence-electron chi connectivity index (χ4n) is 2.92. The first-order chi connectivity index (χ1) is 14.5. The van der Waals surface area contributed by atoms with Gasteiger partial charge in [0.25, 0.3) is 0 Å². The summed E-state index contributed by atoms with van der Waals surface area (Å²) in [6.45, 7) is 0.679. The van der Waals surface area contributed by atoms with E-state index < -0.39 is 30.7 Å². The van der Waals surface area contributed by atoms with E-state index in [1.165, 1.54) is 0 Å². The Hall–Kier alpha value is -3.27. The zero-order valence-electron chi connectivity index (χ0n) is 15.7. The van der Waals surface area contributed by atoms with E-state index in [2.05, 4.69) is 20.3 Å². The van der Waals surface area contributed by atoms with Gasteiger partial charge in [-0.25, -0.2) is 28.4 Å². The molecule has 1 aliphatic rings. The number of hydrogen-bond acceptors (Lipinski definition) is 7. The molecule has 0 aliphatic carbocycles. The maximum Gasteiger partial charge on any atom is 0.416 e. The third-order valence-electron chi connectivity index (χ3n) is 4.46. The molecule has 11 heteroatoms. The Bertz CT molecular complexity index is 1060. The van der Waals surface area contributed by atoms with Crippen molar-refractivity contribution in [1.82, 2.24) is 15.0 Å². The van der Waals surface area contributed by atoms with E-state index in [0.29, 0.717) is 16.7 Å². The van der Waals surface area contributed by atoms with Crippen molar-refractivity contribution in [3.05, 3.63) is 53.4 Å². The van der Waals surface area contributed by atoms with Crippen molar-refractivity contribution in [2.24, 2.45) is 0 Å². The highest BCUT2D eigenvalue weighted by Crippen LogP contribution is 2.28. The second-order valence-corrected chi connectivity index (χ2v) is 6.99. The number of amides is 1. The molecule has 30 heavy (non-hydrogen) atoms. The molecular weight excluding hydrogens is 420 g/mol. The van der Waals surface area contributed by atoms with Gasteiger partial charge in [-0.2, -0.15) is 4.98 Å². The van der Waals surface area contributed by atoms with Crippen LogP contribution in [0.4, 0.5) is 25.3 Å². The highest BCUT2D eigenvalue weighted by molar-refractivity contribution is 6.30. The first-order valence-corrected chi connectivity index (χ1v) is 9.36. The maximum absolute atomic E-state index is 14.2. The summed E-state index contributed by atoms with van der Waals surface area (Å²) >= 11 is 5.89. The molecule has 2 aromatic heterocycles. The number of ether oxygens (including phenoxy) is 1. The second-order valence-electron chi connectivity index (χ2n) is 6.56. The maximum atomic E-state index is 14.2. The summed E-state index contributed by atoms with van der Waals surface area (Å²) in [5.74, 6) is -0.327. The van der Waals surface area contributed by atoms with Crippen molar-refractivity contribution in [2.45, 2.75) is 19.0 Å². The summed E-state index contributed by atoms with van der Waals surface area (Å²) < 4.78 is 37.9. The van der Waals surface area contributed by atoms with Gasteiger partial charge in [-0.1, -0.05) is 11.6 Å². The van der Waals surface area contributed by atoms with Gasteiger partial charge in [-0.05, 0) is 31.2 Å². The summed E-state index contributed by atoms with van der Waals surface area (Å²) in [7, 11) is 0. The van der Waals surface area contributed by atoms with Crippen molar-refractivity contribution in [3.63, 3.8) is 0 Å². The highest BCUT2D eigenvalue weighted by Gasteiger charge is 2.37. The Labute approximate surface area is 174 Å². The molecule has 2 atom stereocenters. The van der Waals surface area contributed by atoms with Crippen LogP contribution in [0.1, 0.15) is 18.9 Å². The van der Waals surface area contributed by atoms with Crippen LogP contribution >= 0.6 is 11.6 Å². The molecule has 0 spiro atoms. The SMILES string of the molecule is C[C@H](Nc1ncc(F)c(N2C(=O)OCC2CF)n1)c1ncc(-c2ccc(Cl)cc2)o1. The molecule has 4 rings (SSSR count). The largest absolute Gasteiger partial charge is 0.447 e. The van der Waals surface area contributed by atoms with Gasteiger partial charge in [0.15, 0.2) is 17.4 Å². The van der Waals surface area contributed by atoms with Gasteiger partial charge >= 0.3 is 6.09 Å². The molecule has 0 bridgehead atoms. The number of carbonyl (C=O) groups excluding carboxylic acids is 1. The van der Waals surface area contributed by atoms with Crippen molar-refractivity contribution < 1.29 is 22.7 Å². The summed E-state index contributed by atoms with van der Waals surface area (Å²) in [4.78, 5) is 24.8. The molecule has 156 valence electrons. The van der Waals surface area contributed by atoms with Crippen LogP contribution in [0.25, 0.3) is 11.3 Å². The number of benzene rings is 1. The van der Waals surface area contributed by atoms with Gasteiger partial charge in [0.05, 0.1) is 12.4 Å². The third-order valence-corrected chi connectivity index (χ3v) is 4.71. The van der Waals surface area contributed by atoms with E-state index in [0.717, 1.165) is 16.7 Å². The highest BCUT2D eigenvalue weighted by atomic mass is 35.5. The minimum absolute atomic E-state index is 0.0162. The van der Waals surface area contributed by atoms with Gasteiger partial charge in [-0.15, -0.1) is 0 Å². The van der Waals surface area contributed by atoms with Crippen LogP contribution < -0.4 is 10.2 Å². The average Bonchev–Trinajstić information content (AvgIpc) is 3.37. The molecular formula is C19H16ClF2N5O3. The van der Waals surface area contributed by atoms with Crippen molar-refractivity contribution in [3.8, 4) is 11.3 Å². The van der Waals surface area contributed by atoms with Crippen molar-refractivity contribution in [2.75, 3.05) is 23.5 Å². The Morgan fingerprint density at radius 1 is 1.30 bits per heavy atom. The van der Waals surface area contributed by atoms with Crippen LogP contribution in [0, 0.1) is 5.82 Å². The third kappa shape index (κ3) is 3.90. The van der Waals surface area contributed by atoms with E-state index in [-0.39, 0.29) is 18.4 Å². The number of nitrogens with one attached hydrogen (secondary N) is 1. The van der Waals surface area contributed by atoms with Crippen LogP contribution in [0.15, 0.2) is 41.1 Å². The molecule has 1 aromatic carbocycles. The lowest BCUT2D eigenvalue weighted by Gasteiger charge is -2.19. The second kappa shape index (κ2) is 8.23. The standard InChI is InChI=1S/C19H16ClF2N5O3/c1-10(17-23-8-15(30-17)11-2-4-12(20)5-3-11)25-18-24-7-14(22)16(26-18)27-13(6-21)9-29-19(27)28/h2-5,7-8,10,13H,6,9H2,1H3,(H,24,25,26)/t10-,13?/m0/s1. The molecule has 0 saturated carbocycles. The lowest BCUT2D eigenvalue weighted by molar-refractivity contribution is 0.177. The van der Waals surface area contributed by atoms with E-state index in [1.54, 1.807) is 37.4 Å². The predicted octanol–water partition coefficient (Wildman–Crippen LogP) is 4.39. The number of cyclic esters (lactones) is 1. The van der Waals surface area contributed by atoms with Crippen molar-refractivity contribution in [1.29, 1.82) is 0 Å². The minimum Gasteiger partial charge on any atom is -0.447 e. The quantitative estimate of drug-likeness (QED) is 0.613. The number of rotatable bonds is 6. The summed E-state index contributed by atoms with van der Waals surface area (Å²) in [5.41, 5.74) is 0.801. The number of halogens is 3. The molecule has 3 aromatic rings. The van der Waals surface area contributed by atoms with E-state index in [1.807, 2.05) is 0 Å². The fraction of sp³-hybridized carbons (Fsp3) is 0.263. The van der Waals surface area contributed by atoms with Gasteiger partial charge in [0.1, 0.15) is 25.4 Å². The molecule has 1 N–H and O–H groups in total.